The number of carboxylic acid groups (broad SMARTS) is 1. The van der Waals surface area contributed by atoms with Crippen molar-refractivity contribution in [3.05, 3.63) is 35.9 Å². The average molecular weight is 209 g/mol. The van der Waals surface area contributed by atoms with Crippen LogP contribution in [-0.4, -0.2) is 22.9 Å². The summed E-state index contributed by atoms with van der Waals surface area (Å²) in [7, 11) is 0. The standard InChI is InChI=1S/C11H15NO3/c13-8-4-7-10(12-11(14)15)9-5-2-1-3-6-9/h1-3,5-6,10,12-13H,4,7-8H2,(H,14,15). The molecule has 1 aromatic carbocycles. The Bertz CT molecular complexity index is 300. The maximum Gasteiger partial charge on any atom is 0.405 e. The summed E-state index contributed by atoms with van der Waals surface area (Å²) >= 11 is 0. The third-order valence-corrected chi connectivity index (χ3v) is 2.15. The number of hydrogen-bond donors (Lipinski definition) is 3. The molecule has 0 saturated carbocycles. The lowest BCUT2D eigenvalue weighted by Crippen LogP contribution is -2.26. The molecule has 1 unspecified atom stereocenters. The van der Waals surface area contributed by atoms with Crippen molar-refractivity contribution in [1.29, 1.82) is 0 Å². The summed E-state index contributed by atoms with van der Waals surface area (Å²) in [5.74, 6) is 0. The van der Waals surface area contributed by atoms with Crippen molar-refractivity contribution in [2.24, 2.45) is 0 Å². The Labute approximate surface area is 88.6 Å². The maximum absolute atomic E-state index is 10.6. The summed E-state index contributed by atoms with van der Waals surface area (Å²) in [4.78, 5) is 10.6. The Hall–Kier alpha value is -1.55. The smallest absolute Gasteiger partial charge is 0.405 e. The molecule has 0 aliphatic carbocycles. The number of hydrogen-bond acceptors (Lipinski definition) is 2. The van der Waals surface area contributed by atoms with Gasteiger partial charge < -0.3 is 15.5 Å². The Morgan fingerprint density at radius 1 is 1.33 bits per heavy atom. The average Bonchev–Trinajstić information content (AvgIpc) is 2.25. The zero-order valence-electron chi connectivity index (χ0n) is 8.39. The van der Waals surface area contributed by atoms with Crippen LogP contribution in [0.4, 0.5) is 4.79 Å². The molecule has 0 saturated heterocycles. The molecule has 4 nitrogen and oxygen atoms in total. The zero-order valence-corrected chi connectivity index (χ0v) is 8.39. The lowest BCUT2D eigenvalue weighted by Gasteiger charge is -2.16. The van der Waals surface area contributed by atoms with E-state index in [0.29, 0.717) is 12.8 Å². The van der Waals surface area contributed by atoms with Crippen molar-refractivity contribution in [2.45, 2.75) is 18.9 Å². The third-order valence-electron chi connectivity index (χ3n) is 2.15. The van der Waals surface area contributed by atoms with E-state index >= 15 is 0 Å². The molecule has 1 rings (SSSR count). The molecule has 0 aliphatic rings. The number of rotatable bonds is 5. The lowest BCUT2D eigenvalue weighted by molar-refractivity contribution is 0.187. The Morgan fingerprint density at radius 3 is 2.53 bits per heavy atom. The van der Waals surface area contributed by atoms with E-state index < -0.39 is 6.09 Å². The maximum atomic E-state index is 10.6. The molecule has 0 fully saturated rings. The number of nitrogens with one attached hydrogen (secondary N) is 1. The van der Waals surface area contributed by atoms with Crippen LogP contribution in [0.3, 0.4) is 0 Å². The molecule has 1 atom stereocenters. The van der Waals surface area contributed by atoms with Crippen LogP contribution in [0.1, 0.15) is 24.4 Å². The molecule has 0 aromatic heterocycles. The summed E-state index contributed by atoms with van der Waals surface area (Å²) in [6.07, 6.45) is 0.147. The zero-order chi connectivity index (χ0) is 11.1. The topological polar surface area (TPSA) is 69.6 Å². The first-order valence-electron chi connectivity index (χ1n) is 4.89. The Morgan fingerprint density at radius 2 is 2.00 bits per heavy atom. The third kappa shape index (κ3) is 3.99. The SMILES string of the molecule is O=C(O)NC(CCCO)c1ccccc1. The van der Waals surface area contributed by atoms with Gasteiger partial charge in [0.05, 0.1) is 6.04 Å². The minimum atomic E-state index is -1.04. The molecule has 0 bridgehead atoms. The van der Waals surface area contributed by atoms with Crippen molar-refractivity contribution in [1.82, 2.24) is 5.32 Å². The van der Waals surface area contributed by atoms with E-state index in [2.05, 4.69) is 5.32 Å². The van der Waals surface area contributed by atoms with Crippen LogP contribution in [0.5, 0.6) is 0 Å². The van der Waals surface area contributed by atoms with Gasteiger partial charge in [0.25, 0.3) is 0 Å². The minimum Gasteiger partial charge on any atom is -0.465 e. The van der Waals surface area contributed by atoms with E-state index in [4.69, 9.17) is 10.2 Å². The van der Waals surface area contributed by atoms with Gasteiger partial charge in [-0.3, -0.25) is 0 Å². The van der Waals surface area contributed by atoms with Gasteiger partial charge in [-0.15, -0.1) is 0 Å². The second-order valence-electron chi connectivity index (χ2n) is 3.28. The highest BCUT2D eigenvalue weighted by Crippen LogP contribution is 2.17. The van der Waals surface area contributed by atoms with Gasteiger partial charge in [-0.1, -0.05) is 30.3 Å². The molecule has 82 valence electrons. The first-order valence-corrected chi connectivity index (χ1v) is 4.89. The van der Waals surface area contributed by atoms with E-state index in [1.807, 2.05) is 30.3 Å². The summed E-state index contributed by atoms with van der Waals surface area (Å²) in [5.41, 5.74) is 0.924. The number of aliphatic hydroxyl groups is 1. The molecule has 3 N–H and O–H groups in total. The van der Waals surface area contributed by atoms with E-state index in [1.165, 1.54) is 0 Å². The highest BCUT2D eigenvalue weighted by atomic mass is 16.4. The fraction of sp³-hybridized carbons (Fsp3) is 0.364. The van der Waals surface area contributed by atoms with Gasteiger partial charge >= 0.3 is 6.09 Å². The fourth-order valence-corrected chi connectivity index (χ4v) is 1.45. The van der Waals surface area contributed by atoms with E-state index in [1.54, 1.807) is 0 Å². The van der Waals surface area contributed by atoms with Gasteiger partial charge in [-0.05, 0) is 18.4 Å². The van der Waals surface area contributed by atoms with Crippen LogP contribution >= 0.6 is 0 Å². The van der Waals surface area contributed by atoms with Crippen molar-refractivity contribution in [2.75, 3.05) is 6.61 Å². The predicted octanol–water partition coefficient (Wildman–Crippen LogP) is 1.77. The summed E-state index contributed by atoms with van der Waals surface area (Å²) in [6.45, 7) is 0.0740. The summed E-state index contributed by atoms with van der Waals surface area (Å²) < 4.78 is 0. The van der Waals surface area contributed by atoms with Gasteiger partial charge in [0.2, 0.25) is 0 Å². The van der Waals surface area contributed by atoms with E-state index in [9.17, 15) is 4.79 Å². The lowest BCUT2D eigenvalue weighted by atomic mass is 10.0. The van der Waals surface area contributed by atoms with E-state index in [-0.39, 0.29) is 12.6 Å². The molecular weight excluding hydrogens is 194 g/mol. The van der Waals surface area contributed by atoms with Crippen molar-refractivity contribution in [3.8, 4) is 0 Å². The summed E-state index contributed by atoms with van der Waals surface area (Å²) in [5, 5.41) is 19.8. The van der Waals surface area contributed by atoms with Crippen LogP contribution < -0.4 is 5.32 Å². The highest BCUT2D eigenvalue weighted by Gasteiger charge is 2.12. The fourth-order valence-electron chi connectivity index (χ4n) is 1.45. The highest BCUT2D eigenvalue weighted by molar-refractivity contribution is 5.65. The molecule has 0 heterocycles. The molecule has 15 heavy (non-hydrogen) atoms. The van der Waals surface area contributed by atoms with Crippen molar-refractivity contribution < 1.29 is 15.0 Å². The first-order chi connectivity index (χ1) is 7.24. The second kappa shape index (κ2) is 6.03. The van der Waals surface area contributed by atoms with Gasteiger partial charge in [0.1, 0.15) is 0 Å². The normalized spacial score (nSPS) is 12.1. The largest absolute Gasteiger partial charge is 0.465 e. The molecule has 0 aliphatic heterocycles. The quantitative estimate of drug-likeness (QED) is 0.692. The number of amides is 1. The molecule has 0 spiro atoms. The number of aliphatic hydroxyl groups excluding tert-OH is 1. The molecular formula is C11H15NO3. The van der Waals surface area contributed by atoms with Gasteiger partial charge in [0.15, 0.2) is 0 Å². The second-order valence-corrected chi connectivity index (χ2v) is 3.28. The monoisotopic (exact) mass is 209 g/mol. The van der Waals surface area contributed by atoms with Gasteiger partial charge in [-0.25, -0.2) is 4.79 Å². The van der Waals surface area contributed by atoms with Crippen molar-refractivity contribution in [3.63, 3.8) is 0 Å². The number of carbonyl (C=O) groups is 1. The predicted molar refractivity (Wildman–Crippen MR) is 56.7 cm³/mol. The van der Waals surface area contributed by atoms with Crippen LogP contribution in [0.2, 0.25) is 0 Å². The summed E-state index contributed by atoms with van der Waals surface area (Å²) in [6, 6.07) is 9.12. The molecule has 4 heteroatoms. The molecule has 0 radical (unpaired) electrons. The molecule has 1 amide bonds. The van der Waals surface area contributed by atoms with Crippen LogP contribution in [-0.2, 0) is 0 Å². The molecule has 1 aromatic rings. The van der Waals surface area contributed by atoms with E-state index in [0.717, 1.165) is 5.56 Å². The first kappa shape index (κ1) is 11.5. The van der Waals surface area contributed by atoms with Crippen LogP contribution in [0.25, 0.3) is 0 Å². The van der Waals surface area contributed by atoms with Crippen molar-refractivity contribution >= 4 is 6.09 Å². The van der Waals surface area contributed by atoms with Crippen LogP contribution in [0, 0.1) is 0 Å². The van der Waals surface area contributed by atoms with Gasteiger partial charge in [-0.2, -0.15) is 0 Å². The van der Waals surface area contributed by atoms with Crippen LogP contribution in [0.15, 0.2) is 30.3 Å². The Balaban J connectivity index is 2.67. The van der Waals surface area contributed by atoms with Gasteiger partial charge in [0, 0.05) is 6.61 Å². The Kier molecular flexibility index (Phi) is 4.63. The minimum absolute atomic E-state index is 0.0740. The number of benzene rings is 1.